The van der Waals surface area contributed by atoms with Gasteiger partial charge in [-0.15, -0.1) is 0 Å². The number of methoxy groups -OCH3 is 1. The number of hydrogen-bond acceptors (Lipinski definition) is 6. The molecule has 0 aromatic heterocycles. The fourth-order valence-corrected chi connectivity index (χ4v) is 1.05. The van der Waals surface area contributed by atoms with E-state index in [4.69, 9.17) is 0 Å². The smallest absolute Gasteiger partial charge is 0.111 e. The maximum absolute atomic E-state index is 9.36. The Labute approximate surface area is 83.1 Å². The molecular formula is C8H19NO5. The highest BCUT2D eigenvalue weighted by Gasteiger charge is 2.29. The van der Waals surface area contributed by atoms with Gasteiger partial charge in [-0.05, 0) is 7.05 Å². The van der Waals surface area contributed by atoms with Crippen molar-refractivity contribution in [3.8, 4) is 0 Å². The lowest BCUT2D eigenvalue weighted by atomic mass is 10.0. The number of aliphatic hydroxyl groups excluding tert-OH is 4. The zero-order valence-corrected chi connectivity index (χ0v) is 8.42. The van der Waals surface area contributed by atoms with E-state index in [2.05, 4.69) is 10.1 Å². The Morgan fingerprint density at radius 3 is 2.00 bits per heavy atom. The predicted octanol–water partition coefficient (Wildman–Crippen LogP) is -2.70. The van der Waals surface area contributed by atoms with Gasteiger partial charge in [0.25, 0.3) is 0 Å². The van der Waals surface area contributed by atoms with Gasteiger partial charge >= 0.3 is 0 Å². The molecule has 0 saturated carbocycles. The summed E-state index contributed by atoms with van der Waals surface area (Å²) in [5.41, 5.74) is 0. The Kier molecular flexibility index (Phi) is 6.98. The van der Waals surface area contributed by atoms with E-state index in [1.165, 1.54) is 7.11 Å². The Morgan fingerprint density at radius 2 is 1.57 bits per heavy atom. The number of hydrogen-bond donors (Lipinski definition) is 5. The molecule has 0 aliphatic carbocycles. The highest BCUT2D eigenvalue weighted by molar-refractivity contribution is 4.81. The van der Waals surface area contributed by atoms with E-state index in [9.17, 15) is 20.4 Å². The number of nitrogens with one attached hydrogen (secondary N) is 1. The minimum Gasteiger partial charge on any atom is -0.389 e. The van der Waals surface area contributed by atoms with Crippen LogP contribution in [0.4, 0.5) is 0 Å². The average Bonchev–Trinajstić information content (AvgIpc) is 2.16. The first kappa shape index (κ1) is 13.8. The van der Waals surface area contributed by atoms with Crippen LogP contribution < -0.4 is 5.32 Å². The maximum atomic E-state index is 9.36. The molecule has 0 saturated heterocycles. The molecule has 0 amide bonds. The van der Waals surface area contributed by atoms with E-state index < -0.39 is 24.4 Å². The lowest BCUT2D eigenvalue weighted by Gasteiger charge is -2.25. The molecule has 6 nitrogen and oxygen atoms in total. The fraction of sp³-hybridized carbons (Fsp3) is 1.00. The van der Waals surface area contributed by atoms with E-state index in [1.807, 2.05) is 0 Å². The van der Waals surface area contributed by atoms with Crippen LogP contribution in [0.3, 0.4) is 0 Å². The number of rotatable bonds is 7. The molecule has 4 atom stereocenters. The highest BCUT2D eigenvalue weighted by atomic mass is 16.5. The van der Waals surface area contributed by atoms with Gasteiger partial charge in [-0.3, -0.25) is 0 Å². The highest BCUT2D eigenvalue weighted by Crippen LogP contribution is 2.04. The molecule has 86 valence electrons. The summed E-state index contributed by atoms with van der Waals surface area (Å²) in [6, 6.07) is 0. The number of ether oxygens (including phenoxy) is 1. The molecule has 6 heteroatoms. The summed E-state index contributed by atoms with van der Waals surface area (Å²) in [5, 5.41) is 39.9. The quantitative estimate of drug-likeness (QED) is 0.312. The van der Waals surface area contributed by atoms with E-state index in [-0.39, 0.29) is 13.2 Å². The minimum absolute atomic E-state index is 0.0928. The molecule has 0 aromatic carbocycles. The van der Waals surface area contributed by atoms with Crippen LogP contribution in [0.15, 0.2) is 0 Å². The average molecular weight is 209 g/mol. The fourth-order valence-electron chi connectivity index (χ4n) is 1.05. The molecule has 14 heavy (non-hydrogen) atoms. The number of likely N-dealkylation sites (N-methyl/N-ethyl adjacent to an activating group) is 1. The summed E-state index contributed by atoms with van der Waals surface area (Å²) in [6.45, 7) is 0.0441. The van der Waals surface area contributed by atoms with Gasteiger partial charge in [0.2, 0.25) is 0 Å². The van der Waals surface area contributed by atoms with Gasteiger partial charge in [0.1, 0.15) is 18.3 Å². The second-order valence-corrected chi connectivity index (χ2v) is 3.13. The molecule has 0 bridgehead atoms. The van der Waals surface area contributed by atoms with Gasteiger partial charge in [-0.25, -0.2) is 0 Å². The Hall–Kier alpha value is -0.240. The van der Waals surface area contributed by atoms with E-state index in [0.29, 0.717) is 0 Å². The van der Waals surface area contributed by atoms with Crippen LogP contribution in [0.5, 0.6) is 0 Å². The molecule has 0 heterocycles. The van der Waals surface area contributed by atoms with Gasteiger partial charge in [0.15, 0.2) is 0 Å². The van der Waals surface area contributed by atoms with Crippen LogP contribution >= 0.6 is 0 Å². The van der Waals surface area contributed by atoms with Crippen LogP contribution in [-0.4, -0.2) is 72.2 Å². The van der Waals surface area contributed by atoms with Crippen LogP contribution in [-0.2, 0) is 4.74 Å². The van der Waals surface area contributed by atoms with Gasteiger partial charge < -0.3 is 30.5 Å². The maximum Gasteiger partial charge on any atom is 0.111 e. The van der Waals surface area contributed by atoms with Crippen LogP contribution in [0.25, 0.3) is 0 Å². The molecule has 0 unspecified atom stereocenters. The van der Waals surface area contributed by atoms with Crippen molar-refractivity contribution < 1.29 is 25.2 Å². The third-order valence-electron chi connectivity index (χ3n) is 1.89. The minimum atomic E-state index is -1.42. The van der Waals surface area contributed by atoms with Gasteiger partial charge in [-0.2, -0.15) is 0 Å². The zero-order chi connectivity index (χ0) is 11.1. The summed E-state index contributed by atoms with van der Waals surface area (Å²) in [5.74, 6) is 0. The summed E-state index contributed by atoms with van der Waals surface area (Å²) in [4.78, 5) is 0. The Morgan fingerprint density at radius 1 is 1.07 bits per heavy atom. The largest absolute Gasteiger partial charge is 0.389 e. The molecule has 0 fully saturated rings. The van der Waals surface area contributed by atoms with Crippen molar-refractivity contribution in [2.45, 2.75) is 24.4 Å². The topological polar surface area (TPSA) is 102 Å². The van der Waals surface area contributed by atoms with Crippen molar-refractivity contribution in [1.29, 1.82) is 0 Å². The second-order valence-electron chi connectivity index (χ2n) is 3.13. The first-order valence-electron chi connectivity index (χ1n) is 4.40. The third-order valence-corrected chi connectivity index (χ3v) is 1.89. The van der Waals surface area contributed by atoms with Crippen molar-refractivity contribution >= 4 is 0 Å². The van der Waals surface area contributed by atoms with Crippen molar-refractivity contribution in [1.82, 2.24) is 5.32 Å². The van der Waals surface area contributed by atoms with Crippen molar-refractivity contribution in [2.24, 2.45) is 0 Å². The van der Waals surface area contributed by atoms with Gasteiger partial charge in [-0.1, -0.05) is 0 Å². The summed E-state index contributed by atoms with van der Waals surface area (Å²) in [7, 11) is 2.97. The lowest BCUT2D eigenvalue weighted by molar-refractivity contribution is -0.117. The molecule has 0 aliphatic rings. The molecule has 0 radical (unpaired) electrons. The standard InChI is InChI=1S/C8H19NO5/c1-9-3-5(10)7(12)8(13)6(11)4-14-2/h5-13H,3-4H2,1-2H3/t5-,6+,7+,8+/m0/s1. The lowest BCUT2D eigenvalue weighted by Crippen LogP contribution is -2.48. The van der Waals surface area contributed by atoms with Crippen LogP contribution in [0.2, 0.25) is 0 Å². The summed E-state index contributed by atoms with van der Waals surface area (Å²) < 4.78 is 4.60. The molecule has 0 aliphatic heterocycles. The Balaban J connectivity index is 4.01. The number of aliphatic hydroxyl groups is 4. The summed E-state index contributed by atoms with van der Waals surface area (Å²) >= 11 is 0. The predicted molar refractivity (Wildman–Crippen MR) is 49.8 cm³/mol. The first-order chi connectivity index (χ1) is 6.54. The van der Waals surface area contributed by atoms with Crippen LogP contribution in [0, 0.1) is 0 Å². The van der Waals surface area contributed by atoms with Crippen molar-refractivity contribution in [3.63, 3.8) is 0 Å². The van der Waals surface area contributed by atoms with Crippen molar-refractivity contribution in [3.05, 3.63) is 0 Å². The van der Waals surface area contributed by atoms with Gasteiger partial charge in [0.05, 0.1) is 12.7 Å². The molecule has 0 rings (SSSR count). The van der Waals surface area contributed by atoms with E-state index in [1.54, 1.807) is 7.05 Å². The SMILES string of the molecule is CNC[C@H](O)[C@@H](O)[C@H](O)[C@H](O)COC. The first-order valence-corrected chi connectivity index (χ1v) is 4.40. The van der Waals surface area contributed by atoms with E-state index >= 15 is 0 Å². The van der Waals surface area contributed by atoms with Crippen LogP contribution in [0.1, 0.15) is 0 Å². The molecule has 0 aromatic rings. The summed E-state index contributed by atoms with van der Waals surface area (Å²) in [6.07, 6.45) is -5.14. The zero-order valence-electron chi connectivity index (χ0n) is 8.42. The molecule has 0 spiro atoms. The normalized spacial score (nSPS) is 20.1. The monoisotopic (exact) mass is 209 g/mol. The molecule has 5 N–H and O–H groups in total. The molecular weight excluding hydrogens is 190 g/mol. The van der Waals surface area contributed by atoms with Gasteiger partial charge in [0, 0.05) is 13.7 Å². The van der Waals surface area contributed by atoms with E-state index in [0.717, 1.165) is 0 Å². The third kappa shape index (κ3) is 4.32. The Bertz CT molecular complexity index is 130. The van der Waals surface area contributed by atoms with Crippen molar-refractivity contribution in [2.75, 3.05) is 27.3 Å². The second kappa shape index (κ2) is 7.10.